The molecule has 0 aliphatic carbocycles. The SMILES string of the molecule is COC(=O)C(N)CCOc1ccc2ccccc2c1. The van der Waals surface area contributed by atoms with Crippen LogP contribution in [0, 0.1) is 0 Å². The monoisotopic (exact) mass is 259 g/mol. The minimum absolute atomic E-state index is 0.384. The van der Waals surface area contributed by atoms with E-state index in [1.165, 1.54) is 12.5 Å². The molecule has 0 fully saturated rings. The molecule has 19 heavy (non-hydrogen) atoms. The molecule has 2 aromatic rings. The number of benzene rings is 2. The summed E-state index contributed by atoms with van der Waals surface area (Å²) in [6.45, 7) is 0.384. The van der Waals surface area contributed by atoms with E-state index in [-0.39, 0.29) is 0 Å². The summed E-state index contributed by atoms with van der Waals surface area (Å²) in [5, 5.41) is 2.29. The molecule has 0 amide bonds. The van der Waals surface area contributed by atoms with E-state index in [2.05, 4.69) is 4.74 Å². The number of hydrogen-bond acceptors (Lipinski definition) is 4. The second-order valence-corrected chi connectivity index (χ2v) is 4.28. The van der Waals surface area contributed by atoms with Crippen LogP contribution < -0.4 is 10.5 Å². The van der Waals surface area contributed by atoms with Gasteiger partial charge in [-0.15, -0.1) is 0 Å². The van der Waals surface area contributed by atoms with Crippen molar-refractivity contribution in [1.29, 1.82) is 0 Å². The van der Waals surface area contributed by atoms with Gasteiger partial charge in [0.05, 0.1) is 13.7 Å². The van der Waals surface area contributed by atoms with Gasteiger partial charge < -0.3 is 15.2 Å². The van der Waals surface area contributed by atoms with Crippen molar-refractivity contribution in [1.82, 2.24) is 0 Å². The van der Waals surface area contributed by atoms with Crippen molar-refractivity contribution in [2.75, 3.05) is 13.7 Å². The standard InChI is InChI=1S/C15H17NO3/c1-18-15(17)14(16)8-9-19-13-7-6-11-4-2-3-5-12(11)10-13/h2-7,10,14H,8-9,16H2,1H3. The summed E-state index contributed by atoms with van der Waals surface area (Å²) in [4.78, 5) is 11.1. The minimum atomic E-state index is -0.634. The van der Waals surface area contributed by atoms with Crippen molar-refractivity contribution in [2.45, 2.75) is 12.5 Å². The second-order valence-electron chi connectivity index (χ2n) is 4.28. The molecule has 0 spiro atoms. The molecule has 1 atom stereocenters. The van der Waals surface area contributed by atoms with Gasteiger partial charge in [-0.25, -0.2) is 0 Å². The molecule has 2 rings (SSSR count). The molecule has 0 bridgehead atoms. The lowest BCUT2D eigenvalue weighted by Gasteiger charge is -2.11. The first kappa shape index (κ1) is 13.4. The van der Waals surface area contributed by atoms with Crippen LogP contribution in [0.1, 0.15) is 6.42 Å². The largest absolute Gasteiger partial charge is 0.493 e. The number of hydrogen-bond donors (Lipinski definition) is 1. The van der Waals surface area contributed by atoms with E-state index >= 15 is 0 Å². The molecule has 0 aromatic heterocycles. The molecule has 4 nitrogen and oxygen atoms in total. The van der Waals surface area contributed by atoms with Crippen LogP contribution >= 0.6 is 0 Å². The zero-order valence-corrected chi connectivity index (χ0v) is 10.8. The predicted octanol–water partition coefficient (Wildman–Crippen LogP) is 2.11. The maximum absolute atomic E-state index is 11.1. The Balaban J connectivity index is 1.93. The van der Waals surface area contributed by atoms with E-state index in [9.17, 15) is 4.79 Å². The van der Waals surface area contributed by atoms with Gasteiger partial charge in [0.1, 0.15) is 11.8 Å². The number of rotatable bonds is 5. The van der Waals surface area contributed by atoms with Crippen molar-refractivity contribution in [3.63, 3.8) is 0 Å². The van der Waals surface area contributed by atoms with Crippen LogP contribution in [0.2, 0.25) is 0 Å². The average molecular weight is 259 g/mol. The Morgan fingerprint density at radius 2 is 1.95 bits per heavy atom. The van der Waals surface area contributed by atoms with Crippen LogP contribution in [0.25, 0.3) is 10.8 Å². The molecule has 2 N–H and O–H groups in total. The van der Waals surface area contributed by atoms with E-state index in [4.69, 9.17) is 10.5 Å². The zero-order chi connectivity index (χ0) is 13.7. The van der Waals surface area contributed by atoms with E-state index in [0.717, 1.165) is 11.1 Å². The molecule has 2 aromatic carbocycles. The molecule has 4 heteroatoms. The summed E-state index contributed by atoms with van der Waals surface area (Å²) in [5.41, 5.74) is 5.63. The first-order chi connectivity index (χ1) is 9.20. The topological polar surface area (TPSA) is 61.5 Å². The number of nitrogens with two attached hydrogens (primary N) is 1. The van der Waals surface area contributed by atoms with Gasteiger partial charge in [0.25, 0.3) is 0 Å². The number of carbonyl (C=O) groups excluding carboxylic acids is 1. The highest BCUT2D eigenvalue weighted by Gasteiger charge is 2.13. The Hall–Kier alpha value is -2.07. The summed E-state index contributed by atoms with van der Waals surface area (Å²) < 4.78 is 10.1. The van der Waals surface area contributed by atoms with Crippen LogP contribution in [0.3, 0.4) is 0 Å². The predicted molar refractivity (Wildman–Crippen MR) is 74.1 cm³/mol. The minimum Gasteiger partial charge on any atom is -0.493 e. The van der Waals surface area contributed by atoms with Crippen molar-refractivity contribution in [3.05, 3.63) is 42.5 Å². The van der Waals surface area contributed by atoms with Crippen molar-refractivity contribution < 1.29 is 14.3 Å². The molecule has 100 valence electrons. The lowest BCUT2D eigenvalue weighted by atomic mass is 10.1. The molecular formula is C15H17NO3. The molecule has 0 saturated heterocycles. The summed E-state index contributed by atoms with van der Waals surface area (Å²) in [6, 6.07) is 13.3. The van der Waals surface area contributed by atoms with Gasteiger partial charge in [0.15, 0.2) is 0 Å². The molecule has 1 unspecified atom stereocenters. The van der Waals surface area contributed by atoms with Crippen molar-refractivity contribution in [2.24, 2.45) is 5.73 Å². The van der Waals surface area contributed by atoms with Crippen LogP contribution in [0.4, 0.5) is 0 Å². The van der Waals surface area contributed by atoms with Gasteiger partial charge in [0.2, 0.25) is 0 Å². The number of ether oxygens (including phenoxy) is 2. The third-order valence-electron chi connectivity index (χ3n) is 2.92. The fraction of sp³-hybridized carbons (Fsp3) is 0.267. The van der Waals surface area contributed by atoms with Crippen LogP contribution in [-0.2, 0) is 9.53 Å². The maximum atomic E-state index is 11.1. The zero-order valence-electron chi connectivity index (χ0n) is 10.8. The maximum Gasteiger partial charge on any atom is 0.322 e. The van der Waals surface area contributed by atoms with E-state index < -0.39 is 12.0 Å². The molecule has 0 saturated carbocycles. The van der Waals surface area contributed by atoms with Gasteiger partial charge in [0, 0.05) is 6.42 Å². The summed E-state index contributed by atoms with van der Waals surface area (Å²) in [7, 11) is 1.33. The molecular weight excluding hydrogens is 242 g/mol. The van der Waals surface area contributed by atoms with Gasteiger partial charge in [-0.2, -0.15) is 0 Å². The number of carbonyl (C=O) groups is 1. The Bertz CT molecular complexity index is 568. The Kier molecular flexibility index (Phi) is 4.36. The second kappa shape index (κ2) is 6.20. The lowest BCUT2D eigenvalue weighted by Crippen LogP contribution is -2.33. The summed E-state index contributed by atoms with van der Waals surface area (Å²) >= 11 is 0. The molecule has 0 aliphatic rings. The van der Waals surface area contributed by atoms with E-state index in [1.807, 2.05) is 42.5 Å². The van der Waals surface area contributed by atoms with Gasteiger partial charge in [-0.1, -0.05) is 30.3 Å². The third kappa shape index (κ3) is 3.45. The lowest BCUT2D eigenvalue weighted by molar-refractivity contribution is -0.142. The molecule has 0 radical (unpaired) electrons. The Morgan fingerprint density at radius 1 is 1.21 bits per heavy atom. The Morgan fingerprint density at radius 3 is 2.68 bits per heavy atom. The first-order valence-electron chi connectivity index (χ1n) is 6.15. The van der Waals surface area contributed by atoms with Gasteiger partial charge >= 0.3 is 5.97 Å². The highest BCUT2D eigenvalue weighted by molar-refractivity contribution is 5.83. The van der Waals surface area contributed by atoms with Crippen molar-refractivity contribution in [3.8, 4) is 5.75 Å². The normalized spacial score (nSPS) is 12.1. The van der Waals surface area contributed by atoms with Crippen LogP contribution in [0.5, 0.6) is 5.75 Å². The quantitative estimate of drug-likeness (QED) is 0.835. The van der Waals surface area contributed by atoms with Crippen LogP contribution in [0.15, 0.2) is 42.5 Å². The molecule has 0 heterocycles. The summed E-state index contributed by atoms with van der Waals surface area (Å²) in [6.07, 6.45) is 0.430. The average Bonchev–Trinajstić information content (AvgIpc) is 2.46. The van der Waals surface area contributed by atoms with Gasteiger partial charge in [-0.05, 0) is 22.9 Å². The van der Waals surface area contributed by atoms with Crippen LogP contribution in [-0.4, -0.2) is 25.7 Å². The van der Waals surface area contributed by atoms with Gasteiger partial charge in [-0.3, -0.25) is 4.79 Å². The Labute approximate surface area is 112 Å². The fourth-order valence-corrected chi connectivity index (χ4v) is 1.83. The highest BCUT2D eigenvalue weighted by Crippen LogP contribution is 2.20. The van der Waals surface area contributed by atoms with E-state index in [1.54, 1.807) is 0 Å². The first-order valence-corrected chi connectivity index (χ1v) is 6.15. The highest BCUT2D eigenvalue weighted by atomic mass is 16.5. The number of methoxy groups -OCH3 is 1. The number of fused-ring (bicyclic) bond motifs is 1. The fourth-order valence-electron chi connectivity index (χ4n) is 1.83. The molecule has 0 aliphatic heterocycles. The number of esters is 1. The summed E-state index contributed by atoms with van der Waals surface area (Å²) in [5.74, 6) is 0.359. The third-order valence-corrected chi connectivity index (χ3v) is 2.92. The van der Waals surface area contributed by atoms with Crippen molar-refractivity contribution >= 4 is 16.7 Å². The van der Waals surface area contributed by atoms with E-state index in [0.29, 0.717) is 13.0 Å². The smallest absolute Gasteiger partial charge is 0.322 e.